The second kappa shape index (κ2) is 13.2. The van der Waals surface area contributed by atoms with Crippen molar-refractivity contribution in [3.8, 4) is 17.1 Å². The van der Waals surface area contributed by atoms with E-state index in [1.807, 2.05) is 44.4 Å². The van der Waals surface area contributed by atoms with Crippen molar-refractivity contribution in [1.29, 1.82) is 0 Å². The summed E-state index contributed by atoms with van der Waals surface area (Å²) in [6, 6.07) is 13.2. The number of fused-ring (bicyclic) bond motifs is 4. The molecular formula is C38H45N7O5S. The van der Waals surface area contributed by atoms with Crippen LogP contribution in [0.2, 0.25) is 0 Å². The van der Waals surface area contributed by atoms with Gasteiger partial charge in [-0.15, -0.1) is 0 Å². The fourth-order valence-corrected chi connectivity index (χ4v) is 8.56. The summed E-state index contributed by atoms with van der Waals surface area (Å²) >= 11 is 0. The van der Waals surface area contributed by atoms with Gasteiger partial charge in [-0.3, -0.25) is 4.79 Å². The Morgan fingerprint density at radius 2 is 1.69 bits per heavy atom. The third kappa shape index (κ3) is 7.27. The quantitative estimate of drug-likeness (QED) is 0.261. The van der Waals surface area contributed by atoms with E-state index in [0.29, 0.717) is 29.5 Å². The molecule has 4 aromatic rings. The highest BCUT2D eigenvalue weighted by Gasteiger charge is 2.52. The Hall–Kier alpha value is -4.62. The predicted octanol–water partition coefficient (Wildman–Crippen LogP) is 5.81. The molecule has 1 aliphatic carbocycles. The third-order valence-electron chi connectivity index (χ3n) is 10.1. The lowest BCUT2D eigenvalue weighted by Gasteiger charge is -2.59. The van der Waals surface area contributed by atoms with Crippen molar-refractivity contribution in [2.24, 2.45) is 10.8 Å². The molecular weight excluding hydrogens is 667 g/mol. The van der Waals surface area contributed by atoms with E-state index in [4.69, 9.17) is 19.4 Å². The van der Waals surface area contributed by atoms with Crippen LogP contribution in [-0.4, -0.2) is 78.1 Å². The Morgan fingerprint density at radius 1 is 1.00 bits per heavy atom. The number of sulfonamides is 1. The van der Waals surface area contributed by atoms with Gasteiger partial charge in [-0.1, -0.05) is 45.0 Å². The molecule has 4 bridgehead atoms. The van der Waals surface area contributed by atoms with E-state index in [1.54, 1.807) is 30.2 Å². The van der Waals surface area contributed by atoms with Crippen LogP contribution in [0.1, 0.15) is 67.3 Å². The van der Waals surface area contributed by atoms with E-state index in [-0.39, 0.29) is 46.8 Å². The average molecular weight is 712 g/mol. The molecule has 1 saturated carbocycles. The van der Waals surface area contributed by atoms with Crippen molar-refractivity contribution in [1.82, 2.24) is 24.8 Å². The van der Waals surface area contributed by atoms with E-state index in [1.165, 1.54) is 12.1 Å². The SMILES string of the molecule is COC1CC2(C1)CN(c1cnc(CN3C(=O)c4cccc(c4)S(=O)(=O)Nc4nc(cc(-c5c(C)cccc5C)n4)OC[C@H]3CC(C)(C)C)nc1)C2. The number of aryl methyl sites for hydroxylation is 2. The first-order chi connectivity index (χ1) is 24.2. The van der Waals surface area contributed by atoms with Crippen molar-refractivity contribution in [2.45, 2.75) is 77.5 Å². The van der Waals surface area contributed by atoms with Crippen LogP contribution >= 0.6 is 0 Å². The topological polar surface area (TPSA) is 140 Å². The van der Waals surface area contributed by atoms with Gasteiger partial charge in [-0.05, 0) is 67.9 Å². The van der Waals surface area contributed by atoms with Gasteiger partial charge in [0.1, 0.15) is 12.4 Å². The van der Waals surface area contributed by atoms with Crippen molar-refractivity contribution in [3.63, 3.8) is 0 Å². The zero-order valence-electron chi connectivity index (χ0n) is 30.0. The largest absolute Gasteiger partial charge is 0.475 e. The smallest absolute Gasteiger partial charge is 0.264 e. The minimum Gasteiger partial charge on any atom is -0.475 e. The summed E-state index contributed by atoms with van der Waals surface area (Å²) in [4.78, 5) is 36.9. The number of carbonyl (C=O) groups excluding carboxylic acids is 1. The van der Waals surface area contributed by atoms with E-state index in [9.17, 15) is 13.2 Å². The lowest BCUT2D eigenvalue weighted by Crippen LogP contribution is -2.64. The summed E-state index contributed by atoms with van der Waals surface area (Å²) in [5, 5.41) is 0. The second-order valence-electron chi connectivity index (χ2n) is 15.5. The molecule has 51 heavy (non-hydrogen) atoms. The number of rotatable bonds is 6. The molecule has 3 aliphatic rings. The maximum atomic E-state index is 14.5. The van der Waals surface area contributed by atoms with Gasteiger partial charge in [-0.2, -0.15) is 4.98 Å². The molecule has 268 valence electrons. The predicted molar refractivity (Wildman–Crippen MR) is 194 cm³/mol. The van der Waals surface area contributed by atoms with E-state index in [2.05, 4.69) is 40.4 Å². The molecule has 0 unspecified atom stereocenters. The molecule has 1 saturated heterocycles. The standard InChI is InChI=1S/C38H45N7O5S/c1-24-9-7-10-25(2)34(24)31-14-33-42-36(41-31)43-51(47,48)30-12-8-11-26(13-30)35(46)45(27(21-50-33)15-37(3,4)5)20-32-39-18-28(19-40-32)44-22-38(23-44)16-29(17-38)49-6/h7-14,18-19,27,29H,15-17,20-23H2,1-6H3,(H,41,42,43)/t27-/m1/s1. The highest BCUT2D eigenvalue weighted by molar-refractivity contribution is 7.92. The Labute approximate surface area is 299 Å². The zero-order valence-corrected chi connectivity index (χ0v) is 30.8. The van der Waals surface area contributed by atoms with Crippen LogP contribution in [0.5, 0.6) is 5.88 Å². The molecule has 2 aliphatic heterocycles. The van der Waals surface area contributed by atoms with Gasteiger partial charge in [0, 0.05) is 42.8 Å². The number of nitrogens with zero attached hydrogens (tertiary/aromatic N) is 6. The summed E-state index contributed by atoms with van der Waals surface area (Å²) in [6.07, 6.45) is 6.72. The monoisotopic (exact) mass is 711 g/mol. The number of hydrogen-bond acceptors (Lipinski definition) is 10. The van der Waals surface area contributed by atoms with Gasteiger partial charge in [0.2, 0.25) is 11.8 Å². The minimum atomic E-state index is -4.18. The first kappa shape index (κ1) is 34.8. The minimum absolute atomic E-state index is 0.0836. The van der Waals surface area contributed by atoms with Crippen LogP contribution in [0.3, 0.4) is 0 Å². The Bertz CT molecular complexity index is 2030. The molecule has 1 amide bonds. The molecule has 4 heterocycles. The number of benzene rings is 2. The van der Waals surface area contributed by atoms with Gasteiger partial charge in [0.25, 0.3) is 15.9 Å². The summed E-state index contributed by atoms with van der Waals surface area (Å²) in [5.74, 6) is 0.186. The summed E-state index contributed by atoms with van der Waals surface area (Å²) in [5.41, 5.74) is 4.63. The maximum absolute atomic E-state index is 14.5. The Balaban J connectivity index is 1.24. The van der Waals surface area contributed by atoms with Gasteiger partial charge in [0.05, 0.1) is 47.4 Å². The van der Waals surface area contributed by atoms with Crippen LogP contribution in [0, 0.1) is 24.7 Å². The number of anilines is 2. The molecule has 2 aromatic heterocycles. The highest BCUT2D eigenvalue weighted by atomic mass is 32.2. The van der Waals surface area contributed by atoms with Gasteiger partial charge >= 0.3 is 0 Å². The highest BCUT2D eigenvalue weighted by Crippen LogP contribution is 2.50. The fraction of sp³-hybridized carbons (Fsp3) is 0.447. The first-order valence-corrected chi connectivity index (χ1v) is 18.8. The lowest BCUT2D eigenvalue weighted by molar-refractivity contribution is -0.0731. The van der Waals surface area contributed by atoms with Crippen LogP contribution in [0.4, 0.5) is 11.6 Å². The number of ether oxygens (including phenoxy) is 2. The van der Waals surface area contributed by atoms with Crippen LogP contribution < -0.4 is 14.4 Å². The normalized spacial score (nSPS) is 19.9. The van der Waals surface area contributed by atoms with Gasteiger partial charge < -0.3 is 19.3 Å². The molecule has 0 radical (unpaired) electrons. The molecule has 2 fully saturated rings. The zero-order chi connectivity index (χ0) is 36.1. The first-order valence-electron chi connectivity index (χ1n) is 17.3. The fourth-order valence-electron chi connectivity index (χ4n) is 7.57. The van der Waals surface area contributed by atoms with E-state index in [0.717, 1.165) is 48.3 Å². The molecule has 13 heteroatoms. The van der Waals surface area contributed by atoms with Crippen molar-refractivity contribution in [2.75, 3.05) is 36.4 Å². The van der Waals surface area contributed by atoms with Crippen LogP contribution in [-0.2, 0) is 21.3 Å². The number of hydrogen-bond donors (Lipinski definition) is 1. The molecule has 2 aromatic carbocycles. The molecule has 1 atom stereocenters. The number of amides is 1. The van der Waals surface area contributed by atoms with E-state index >= 15 is 0 Å². The van der Waals surface area contributed by atoms with Crippen molar-refractivity contribution >= 4 is 27.6 Å². The molecule has 1 N–H and O–H groups in total. The number of carbonyl (C=O) groups is 1. The molecule has 1 spiro atoms. The van der Waals surface area contributed by atoms with Crippen molar-refractivity contribution < 1.29 is 22.7 Å². The number of aromatic nitrogens is 4. The summed E-state index contributed by atoms with van der Waals surface area (Å²) in [6.45, 7) is 12.4. The maximum Gasteiger partial charge on any atom is 0.264 e. The molecule has 7 rings (SSSR count). The Kier molecular flexibility index (Phi) is 8.99. The van der Waals surface area contributed by atoms with Crippen LogP contribution in [0.15, 0.2) is 65.8 Å². The van der Waals surface area contributed by atoms with Crippen LogP contribution in [0.25, 0.3) is 11.3 Å². The lowest BCUT2D eigenvalue weighted by atomic mass is 9.61. The van der Waals surface area contributed by atoms with Gasteiger partial charge in [0.15, 0.2) is 0 Å². The summed E-state index contributed by atoms with van der Waals surface area (Å²) in [7, 11) is -2.41. The van der Waals surface area contributed by atoms with Gasteiger partial charge in [-0.25, -0.2) is 28.1 Å². The molecule has 12 nitrogen and oxygen atoms in total. The van der Waals surface area contributed by atoms with E-state index < -0.39 is 16.1 Å². The average Bonchev–Trinajstić information content (AvgIpc) is 3.04. The van der Waals surface area contributed by atoms with Crippen molar-refractivity contribution in [3.05, 3.63) is 83.4 Å². The second-order valence-corrected chi connectivity index (χ2v) is 17.1. The number of nitrogens with one attached hydrogen (secondary N) is 1. The Morgan fingerprint density at radius 3 is 2.35 bits per heavy atom. The summed E-state index contributed by atoms with van der Waals surface area (Å²) < 4.78 is 41.8. The third-order valence-corrected chi connectivity index (χ3v) is 11.4. The number of methoxy groups -OCH3 is 1.